The number of nitrogens with one attached hydrogen (secondary N) is 1. The van der Waals surface area contributed by atoms with E-state index in [4.69, 9.17) is 4.42 Å². The molecular weight excluding hydrogens is 334 g/mol. The van der Waals surface area contributed by atoms with Crippen LogP contribution in [0.2, 0.25) is 0 Å². The highest BCUT2D eigenvalue weighted by atomic mass is 32.2. The van der Waals surface area contributed by atoms with Gasteiger partial charge in [-0.05, 0) is 22.9 Å². The molecule has 0 radical (unpaired) electrons. The Morgan fingerprint density at radius 2 is 1.91 bits per heavy atom. The maximum atomic E-state index is 11.0. The highest BCUT2D eigenvalue weighted by molar-refractivity contribution is 7.99. The van der Waals surface area contributed by atoms with Gasteiger partial charge < -0.3 is 4.42 Å². The van der Waals surface area contributed by atoms with E-state index in [1.807, 2.05) is 42.5 Å². The van der Waals surface area contributed by atoms with Crippen LogP contribution >= 0.6 is 11.8 Å². The number of hydrogen-bond donors (Lipinski definition) is 1. The van der Waals surface area contributed by atoms with Gasteiger partial charge in [0.05, 0.1) is 6.26 Å². The fourth-order valence-electron chi connectivity index (χ4n) is 2.07. The lowest BCUT2D eigenvalue weighted by atomic mass is 10.1. The number of rotatable bonds is 6. The molecular formula is C15H15N3O3S2. The first-order chi connectivity index (χ1) is 11.0. The molecule has 0 bridgehead atoms. The third kappa shape index (κ3) is 4.31. The SMILES string of the molecule is CS(=O)(=O)NCCSc1nnc(-c2ccc3ccccc3c2)o1. The maximum absolute atomic E-state index is 11.0. The standard InChI is InChI=1S/C15H15N3O3S2/c1-23(19,20)16-8-9-22-15-18-17-14(21-15)13-7-6-11-4-2-3-5-12(11)10-13/h2-7,10,16H,8-9H2,1H3. The van der Waals surface area contributed by atoms with Crippen molar-refractivity contribution < 1.29 is 12.8 Å². The molecule has 0 aliphatic rings. The minimum Gasteiger partial charge on any atom is -0.411 e. The highest BCUT2D eigenvalue weighted by Gasteiger charge is 2.10. The third-order valence-electron chi connectivity index (χ3n) is 3.09. The molecule has 0 unspecified atom stereocenters. The molecule has 0 amide bonds. The fourth-order valence-corrected chi connectivity index (χ4v) is 3.29. The molecule has 23 heavy (non-hydrogen) atoms. The van der Waals surface area contributed by atoms with E-state index in [-0.39, 0.29) is 0 Å². The number of sulfonamides is 1. The van der Waals surface area contributed by atoms with Gasteiger partial charge in [-0.1, -0.05) is 42.1 Å². The van der Waals surface area contributed by atoms with E-state index in [9.17, 15) is 8.42 Å². The number of nitrogens with zero attached hydrogens (tertiary/aromatic N) is 2. The number of thioether (sulfide) groups is 1. The first-order valence-electron chi connectivity index (χ1n) is 6.91. The Morgan fingerprint density at radius 3 is 2.70 bits per heavy atom. The number of benzene rings is 2. The zero-order chi connectivity index (χ0) is 16.3. The van der Waals surface area contributed by atoms with E-state index in [1.54, 1.807) is 0 Å². The minimum atomic E-state index is -3.17. The summed E-state index contributed by atoms with van der Waals surface area (Å²) in [6.07, 6.45) is 1.13. The molecule has 1 N–H and O–H groups in total. The Kier molecular flexibility index (Phi) is 4.65. The van der Waals surface area contributed by atoms with Crippen LogP contribution in [0.25, 0.3) is 22.2 Å². The Balaban J connectivity index is 1.68. The van der Waals surface area contributed by atoms with Gasteiger partial charge in [0, 0.05) is 17.9 Å². The average Bonchev–Trinajstić information content (AvgIpc) is 2.99. The summed E-state index contributed by atoms with van der Waals surface area (Å²) < 4.78 is 30.0. The average molecular weight is 349 g/mol. The fraction of sp³-hybridized carbons (Fsp3) is 0.200. The second-order valence-corrected chi connectivity index (χ2v) is 7.83. The zero-order valence-corrected chi connectivity index (χ0v) is 14.0. The van der Waals surface area contributed by atoms with Crippen molar-refractivity contribution >= 4 is 32.6 Å². The molecule has 8 heteroatoms. The smallest absolute Gasteiger partial charge is 0.276 e. The summed E-state index contributed by atoms with van der Waals surface area (Å²) in [5, 5.41) is 10.7. The maximum Gasteiger partial charge on any atom is 0.276 e. The summed E-state index contributed by atoms with van der Waals surface area (Å²) in [4.78, 5) is 0. The van der Waals surface area contributed by atoms with Crippen molar-refractivity contribution in [3.8, 4) is 11.5 Å². The molecule has 3 rings (SSSR count). The van der Waals surface area contributed by atoms with E-state index in [1.165, 1.54) is 11.8 Å². The van der Waals surface area contributed by atoms with Crippen molar-refractivity contribution in [2.45, 2.75) is 5.22 Å². The van der Waals surface area contributed by atoms with Gasteiger partial charge in [-0.2, -0.15) is 0 Å². The van der Waals surface area contributed by atoms with Crippen LogP contribution in [0.4, 0.5) is 0 Å². The minimum absolute atomic E-state index is 0.317. The Hall–Kier alpha value is -1.90. The van der Waals surface area contributed by atoms with Crippen LogP contribution < -0.4 is 4.72 Å². The van der Waals surface area contributed by atoms with Crippen molar-refractivity contribution in [1.29, 1.82) is 0 Å². The monoisotopic (exact) mass is 349 g/mol. The van der Waals surface area contributed by atoms with Gasteiger partial charge in [0.15, 0.2) is 0 Å². The molecule has 0 fully saturated rings. The van der Waals surface area contributed by atoms with Crippen LogP contribution in [0.5, 0.6) is 0 Å². The predicted molar refractivity (Wildman–Crippen MR) is 90.8 cm³/mol. The summed E-state index contributed by atoms with van der Waals surface area (Å²) in [5.74, 6) is 0.973. The van der Waals surface area contributed by atoms with Crippen LogP contribution in [0.3, 0.4) is 0 Å². The molecule has 0 aliphatic heterocycles. The predicted octanol–water partition coefficient (Wildman–Crippen LogP) is 2.53. The Morgan fingerprint density at radius 1 is 1.13 bits per heavy atom. The van der Waals surface area contributed by atoms with E-state index < -0.39 is 10.0 Å². The van der Waals surface area contributed by atoms with Crippen LogP contribution in [-0.2, 0) is 10.0 Å². The lowest BCUT2D eigenvalue weighted by molar-refractivity contribution is 0.466. The summed E-state index contributed by atoms with van der Waals surface area (Å²) in [6.45, 7) is 0.317. The molecule has 0 atom stereocenters. The largest absolute Gasteiger partial charge is 0.411 e. The van der Waals surface area contributed by atoms with Gasteiger partial charge >= 0.3 is 0 Å². The molecule has 1 heterocycles. The van der Waals surface area contributed by atoms with Gasteiger partial charge in [-0.3, -0.25) is 0 Å². The molecule has 0 saturated heterocycles. The lowest BCUT2D eigenvalue weighted by Gasteiger charge is -2.00. The number of hydrogen-bond acceptors (Lipinski definition) is 6. The normalized spacial score (nSPS) is 11.9. The van der Waals surface area contributed by atoms with Gasteiger partial charge in [0.2, 0.25) is 15.9 Å². The first-order valence-corrected chi connectivity index (χ1v) is 9.79. The molecule has 0 aliphatic carbocycles. The summed E-state index contributed by atoms with van der Waals surface area (Å²) >= 11 is 1.31. The molecule has 6 nitrogen and oxygen atoms in total. The van der Waals surface area contributed by atoms with Gasteiger partial charge in [-0.15, -0.1) is 10.2 Å². The second-order valence-electron chi connectivity index (χ2n) is 4.95. The molecule has 120 valence electrons. The molecule has 1 aromatic heterocycles. The number of fused-ring (bicyclic) bond motifs is 1. The summed E-state index contributed by atoms with van der Waals surface area (Å²) in [6, 6.07) is 14.0. The van der Waals surface area contributed by atoms with Crippen molar-refractivity contribution in [3.05, 3.63) is 42.5 Å². The van der Waals surface area contributed by atoms with E-state index in [0.717, 1.165) is 22.6 Å². The zero-order valence-electron chi connectivity index (χ0n) is 12.4. The quantitative estimate of drug-likeness (QED) is 0.544. The van der Waals surface area contributed by atoms with E-state index >= 15 is 0 Å². The van der Waals surface area contributed by atoms with Crippen LogP contribution in [0.15, 0.2) is 52.1 Å². The second kappa shape index (κ2) is 6.69. The lowest BCUT2D eigenvalue weighted by Crippen LogP contribution is -2.24. The summed E-state index contributed by atoms with van der Waals surface area (Å²) in [7, 11) is -3.17. The summed E-state index contributed by atoms with van der Waals surface area (Å²) in [5.41, 5.74) is 0.859. The van der Waals surface area contributed by atoms with Crippen LogP contribution in [0.1, 0.15) is 0 Å². The molecule has 0 spiro atoms. The van der Waals surface area contributed by atoms with Crippen LogP contribution in [0, 0.1) is 0 Å². The highest BCUT2D eigenvalue weighted by Crippen LogP contribution is 2.26. The van der Waals surface area contributed by atoms with Crippen molar-refractivity contribution in [2.24, 2.45) is 0 Å². The van der Waals surface area contributed by atoms with Crippen molar-refractivity contribution in [1.82, 2.24) is 14.9 Å². The Bertz CT molecular complexity index is 922. The number of aromatic nitrogens is 2. The van der Waals surface area contributed by atoms with Crippen LogP contribution in [-0.4, -0.2) is 37.2 Å². The van der Waals surface area contributed by atoms with Crippen molar-refractivity contribution in [2.75, 3.05) is 18.6 Å². The van der Waals surface area contributed by atoms with E-state index in [0.29, 0.717) is 23.4 Å². The van der Waals surface area contributed by atoms with Gasteiger partial charge in [-0.25, -0.2) is 13.1 Å². The molecule has 3 aromatic rings. The van der Waals surface area contributed by atoms with Gasteiger partial charge in [0.1, 0.15) is 0 Å². The molecule has 2 aromatic carbocycles. The Labute approximate surface area is 138 Å². The third-order valence-corrected chi connectivity index (χ3v) is 4.64. The topological polar surface area (TPSA) is 85.1 Å². The van der Waals surface area contributed by atoms with Crippen molar-refractivity contribution in [3.63, 3.8) is 0 Å². The molecule has 0 saturated carbocycles. The first kappa shape index (κ1) is 16.0. The van der Waals surface area contributed by atoms with Gasteiger partial charge in [0.25, 0.3) is 5.22 Å². The van der Waals surface area contributed by atoms with E-state index in [2.05, 4.69) is 14.9 Å².